The van der Waals surface area contributed by atoms with Crippen LogP contribution in [0, 0.1) is 0 Å². The van der Waals surface area contributed by atoms with E-state index in [4.69, 9.17) is 19.9 Å². The van der Waals surface area contributed by atoms with Crippen molar-refractivity contribution in [1.82, 2.24) is 0 Å². The molecule has 6 N–H and O–H groups in total. The van der Waals surface area contributed by atoms with E-state index in [1.807, 2.05) is 0 Å². The van der Waals surface area contributed by atoms with Gasteiger partial charge in [0.1, 0.15) is 0 Å². The highest BCUT2D eigenvalue weighted by atomic mass is 32.2. The van der Waals surface area contributed by atoms with Crippen LogP contribution in [0.25, 0.3) is 0 Å². The normalized spacial score (nSPS) is 16.9. The first-order valence-corrected chi connectivity index (χ1v) is 3.55. The number of rotatable bonds is 2. The molecule has 0 rings (SSSR count). The highest BCUT2D eigenvalue weighted by Gasteiger charge is 2.38. The molecule has 0 saturated heterocycles. The lowest BCUT2D eigenvalue weighted by Gasteiger charge is -2.18. The van der Waals surface area contributed by atoms with Crippen molar-refractivity contribution in [1.29, 1.82) is 0 Å². The maximum Gasteiger partial charge on any atom is 0.309 e. The molecule has 0 saturated carbocycles. The van der Waals surface area contributed by atoms with Crippen molar-refractivity contribution >= 4 is 10.1 Å². The predicted octanol–water partition coefficient (Wildman–Crippen LogP) is -3.21. The van der Waals surface area contributed by atoms with E-state index in [-0.39, 0.29) is 0 Å². The van der Waals surface area contributed by atoms with Crippen LogP contribution in [-0.2, 0) is 10.1 Å². The Hall–Kier alpha value is -0.250. The molecule has 1 unspecified atom stereocenters. The van der Waals surface area contributed by atoms with Crippen LogP contribution >= 0.6 is 0 Å². The van der Waals surface area contributed by atoms with E-state index in [1.165, 1.54) is 0 Å². The Balaban J connectivity index is 4.56. The Morgan fingerprint density at radius 1 is 1.30 bits per heavy atom. The smallest absolute Gasteiger partial charge is 0.309 e. The molecule has 7 nitrogen and oxygen atoms in total. The van der Waals surface area contributed by atoms with Gasteiger partial charge in [0.15, 0.2) is 0 Å². The van der Waals surface area contributed by atoms with E-state index in [1.54, 1.807) is 0 Å². The van der Waals surface area contributed by atoms with Gasteiger partial charge in [-0.25, -0.2) is 0 Å². The summed E-state index contributed by atoms with van der Waals surface area (Å²) in [5, 5.41) is 21.7. The molecular formula is C2H7NO6S. The van der Waals surface area contributed by atoms with E-state index in [0.717, 1.165) is 0 Å². The van der Waals surface area contributed by atoms with Crippen LogP contribution in [0.15, 0.2) is 0 Å². The van der Waals surface area contributed by atoms with Crippen molar-refractivity contribution in [3.05, 3.63) is 0 Å². The Morgan fingerprint density at radius 2 is 1.60 bits per heavy atom. The third kappa shape index (κ3) is 2.56. The number of hydrogen-bond acceptors (Lipinski definition) is 6. The Labute approximate surface area is 56.5 Å². The molecule has 62 valence electrons. The van der Waals surface area contributed by atoms with E-state index in [9.17, 15) is 8.42 Å². The van der Waals surface area contributed by atoms with E-state index in [2.05, 4.69) is 5.73 Å². The SMILES string of the molecule is NC(C(O)(O)O)S(=O)(=O)O. The van der Waals surface area contributed by atoms with Crippen molar-refractivity contribution in [3.8, 4) is 0 Å². The fraction of sp³-hybridized carbons (Fsp3) is 1.00. The summed E-state index contributed by atoms with van der Waals surface area (Å²) >= 11 is 0. The average Bonchev–Trinajstić information content (AvgIpc) is 1.59. The van der Waals surface area contributed by atoms with Gasteiger partial charge in [0.2, 0.25) is 5.37 Å². The molecule has 0 radical (unpaired) electrons. The molecule has 0 aromatic carbocycles. The zero-order valence-corrected chi connectivity index (χ0v) is 5.48. The molecule has 0 heterocycles. The number of hydrogen-bond donors (Lipinski definition) is 5. The standard InChI is InChI=1S/C2H7NO6S/c3-1(2(4,5)6)10(7,8)9/h1,4-6H,3H2,(H,7,8,9). The quantitative estimate of drug-likeness (QED) is 0.218. The van der Waals surface area contributed by atoms with E-state index < -0.39 is 21.5 Å². The van der Waals surface area contributed by atoms with Gasteiger partial charge in [0.05, 0.1) is 0 Å². The van der Waals surface area contributed by atoms with Gasteiger partial charge in [-0.3, -0.25) is 4.55 Å². The van der Waals surface area contributed by atoms with E-state index in [0.29, 0.717) is 0 Å². The van der Waals surface area contributed by atoms with Crippen LogP contribution in [0.4, 0.5) is 0 Å². The second kappa shape index (κ2) is 2.42. The lowest BCUT2D eigenvalue weighted by molar-refractivity contribution is -0.310. The summed E-state index contributed by atoms with van der Waals surface area (Å²) in [6.45, 7) is 0. The first-order chi connectivity index (χ1) is 4.15. The molecule has 0 spiro atoms. The molecule has 8 heteroatoms. The van der Waals surface area contributed by atoms with Gasteiger partial charge >= 0.3 is 5.97 Å². The van der Waals surface area contributed by atoms with Crippen LogP contribution in [-0.4, -0.2) is 39.6 Å². The lowest BCUT2D eigenvalue weighted by Crippen LogP contribution is -2.52. The topological polar surface area (TPSA) is 141 Å². The molecule has 0 bridgehead atoms. The molecule has 0 aromatic rings. The lowest BCUT2D eigenvalue weighted by atomic mass is 10.6. The van der Waals surface area contributed by atoms with Gasteiger partial charge in [-0.15, -0.1) is 0 Å². The third-order valence-electron chi connectivity index (χ3n) is 0.703. The van der Waals surface area contributed by atoms with Crippen molar-refractivity contribution in [2.45, 2.75) is 11.3 Å². The van der Waals surface area contributed by atoms with Gasteiger partial charge in [-0.1, -0.05) is 0 Å². The molecule has 0 aliphatic carbocycles. The van der Waals surface area contributed by atoms with Gasteiger partial charge in [0, 0.05) is 0 Å². The summed E-state index contributed by atoms with van der Waals surface area (Å²) in [5.74, 6) is -3.62. The van der Waals surface area contributed by atoms with Crippen LogP contribution in [0.3, 0.4) is 0 Å². The Morgan fingerprint density at radius 3 is 1.60 bits per heavy atom. The minimum atomic E-state index is -4.83. The van der Waals surface area contributed by atoms with Gasteiger partial charge in [-0.2, -0.15) is 8.42 Å². The van der Waals surface area contributed by atoms with Crippen molar-refractivity contribution in [3.63, 3.8) is 0 Å². The molecule has 1 atom stereocenters. The second-order valence-corrected chi connectivity index (χ2v) is 3.16. The predicted molar refractivity (Wildman–Crippen MR) is 28.9 cm³/mol. The van der Waals surface area contributed by atoms with Crippen LogP contribution in [0.1, 0.15) is 0 Å². The maximum atomic E-state index is 9.93. The number of nitrogens with two attached hydrogens (primary N) is 1. The van der Waals surface area contributed by atoms with Crippen LogP contribution in [0.5, 0.6) is 0 Å². The fourth-order valence-corrected chi connectivity index (χ4v) is 0.599. The highest BCUT2D eigenvalue weighted by Crippen LogP contribution is 2.04. The molecular weight excluding hydrogens is 166 g/mol. The zero-order valence-electron chi connectivity index (χ0n) is 4.67. The maximum absolute atomic E-state index is 9.93. The zero-order chi connectivity index (χ0) is 8.58. The largest absolute Gasteiger partial charge is 0.341 e. The molecule has 0 fully saturated rings. The average molecular weight is 173 g/mol. The second-order valence-electron chi connectivity index (χ2n) is 1.62. The summed E-state index contributed by atoms with van der Waals surface area (Å²) < 4.78 is 27.8. The van der Waals surface area contributed by atoms with Gasteiger partial charge < -0.3 is 21.1 Å². The Kier molecular flexibility index (Phi) is 2.36. The minimum absolute atomic E-state index is 2.54. The Bertz CT molecular complexity index is 200. The summed E-state index contributed by atoms with van der Waals surface area (Å²) in [4.78, 5) is 0. The fourth-order valence-electron chi connectivity index (χ4n) is 0.200. The summed E-state index contributed by atoms with van der Waals surface area (Å²) in [6.07, 6.45) is 0. The monoisotopic (exact) mass is 173 g/mol. The highest BCUT2D eigenvalue weighted by molar-refractivity contribution is 7.86. The molecule has 0 aliphatic heterocycles. The molecule has 0 aliphatic rings. The first kappa shape index (κ1) is 9.75. The number of aliphatic hydroxyl groups is 3. The van der Waals surface area contributed by atoms with Gasteiger partial charge in [0.25, 0.3) is 10.1 Å². The first-order valence-electron chi connectivity index (χ1n) is 2.04. The van der Waals surface area contributed by atoms with Crippen molar-refractivity contribution < 1.29 is 28.3 Å². The minimum Gasteiger partial charge on any atom is -0.341 e. The summed E-state index contributed by atoms with van der Waals surface area (Å²) in [7, 11) is -4.83. The molecule has 0 aromatic heterocycles. The summed E-state index contributed by atoms with van der Waals surface area (Å²) in [5.41, 5.74) is 4.44. The van der Waals surface area contributed by atoms with Crippen molar-refractivity contribution in [2.24, 2.45) is 5.73 Å². The van der Waals surface area contributed by atoms with Crippen LogP contribution < -0.4 is 5.73 Å². The molecule has 0 amide bonds. The van der Waals surface area contributed by atoms with Crippen LogP contribution in [0.2, 0.25) is 0 Å². The summed E-state index contributed by atoms with van der Waals surface area (Å²) in [6, 6.07) is 0. The van der Waals surface area contributed by atoms with E-state index >= 15 is 0 Å². The van der Waals surface area contributed by atoms with Gasteiger partial charge in [-0.05, 0) is 0 Å². The van der Waals surface area contributed by atoms with Crippen molar-refractivity contribution in [2.75, 3.05) is 0 Å². The molecule has 10 heavy (non-hydrogen) atoms. The third-order valence-corrected chi connectivity index (χ3v) is 1.66.